The number of aromatic amines is 1. The number of fused-ring (bicyclic) bond motifs is 1. The molecule has 0 aliphatic rings. The minimum Gasteiger partial charge on any atom is -0.495 e. The maximum absolute atomic E-state index is 12.2. The molecule has 2 aromatic carbocycles. The molecule has 0 fully saturated rings. The largest absolute Gasteiger partial charge is 0.495 e. The summed E-state index contributed by atoms with van der Waals surface area (Å²) in [4.78, 5) is 19.4. The Hall–Kier alpha value is -2.82. The summed E-state index contributed by atoms with van der Waals surface area (Å²) in [5.41, 5.74) is 7.49. The first-order valence-electron chi connectivity index (χ1n) is 6.12. The van der Waals surface area contributed by atoms with Gasteiger partial charge in [0.05, 0.1) is 23.7 Å². The summed E-state index contributed by atoms with van der Waals surface area (Å²) >= 11 is 0. The second-order valence-electron chi connectivity index (χ2n) is 4.39. The Balaban J connectivity index is 2.27. The zero-order chi connectivity index (χ0) is 14.1. The first-order valence-corrected chi connectivity index (χ1v) is 6.12. The standard InChI is InChI=1S/C15H13N3O2/c1-20-13-7-10-12(8-11(13)16)17-14(18-15(10)19)9-5-3-2-4-6-9/h2-8H,16H2,1H3,(H,17,18,19). The van der Waals surface area contributed by atoms with Gasteiger partial charge in [0.25, 0.3) is 5.56 Å². The van der Waals surface area contributed by atoms with Crippen molar-refractivity contribution in [1.29, 1.82) is 0 Å². The smallest absolute Gasteiger partial charge is 0.259 e. The van der Waals surface area contributed by atoms with Crippen LogP contribution in [-0.2, 0) is 0 Å². The Morgan fingerprint density at radius 2 is 1.95 bits per heavy atom. The molecule has 0 unspecified atom stereocenters. The molecular formula is C15H13N3O2. The molecule has 1 heterocycles. The zero-order valence-corrected chi connectivity index (χ0v) is 10.9. The Morgan fingerprint density at radius 3 is 2.65 bits per heavy atom. The topological polar surface area (TPSA) is 81.0 Å². The van der Waals surface area contributed by atoms with E-state index in [-0.39, 0.29) is 5.56 Å². The molecule has 0 amide bonds. The predicted octanol–water partition coefficient (Wildman–Crippen LogP) is 2.18. The Kier molecular flexibility index (Phi) is 2.87. The summed E-state index contributed by atoms with van der Waals surface area (Å²) < 4.78 is 5.12. The van der Waals surface area contributed by atoms with Crippen molar-refractivity contribution in [1.82, 2.24) is 9.97 Å². The zero-order valence-electron chi connectivity index (χ0n) is 10.9. The van der Waals surface area contributed by atoms with Crippen LogP contribution in [0.5, 0.6) is 5.75 Å². The van der Waals surface area contributed by atoms with Gasteiger partial charge < -0.3 is 15.5 Å². The molecule has 1 aromatic heterocycles. The highest BCUT2D eigenvalue weighted by Crippen LogP contribution is 2.26. The van der Waals surface area contributed by atoms with Crippen LogP contribution in [0.1, 0.15) is 0 Å². The fourth-order valence-corrected chi connectivity index (χ4v) is 2.09. The van der Waals surface area contributed by atoms with Gasteiger partial charge in [-0.2, -0.15) is 0 Å². The van der Waals surface area contributed by atoms with E-state index in [1.54, 1.807) is 12.1 Å². The van der Waals surface area contributed by atoms with Crippen molar-refractivity contribution in [2.75, 3.05) is 12.8 Å². The van der Waals surface area contributed by atoms with Crippen molar-refractivity contribution in [3.63, 3.8) is 0 Å². The lowest BCUT2D eigenvalue weighted by Gasteiger charge is -2.07. The van der Waals surface area contributed by atoms with Gasteiger partial charge in [0.1, 0.15) is 11.6 Å². The van der Waals surface area contributed by atoms with E-state index >= 15 is 0 Å². The molecule has 0 saturated heterocycles. The first kappa shape index (κ1) is 12.2. The van der Waals surface area contributed by atoms with Crippen LogP contribution in [0, 0.1) is 0 Å². The molecule has 5 nitrogen and oxygen atoms in total. The van der Waals surface area contributed by atoms with Crippen LogP contribution in [0.15, 0.2) is 47.3 Å². The number of aromatic nitrogens is 2. The van der Waals surface area contributed by atoms with Gasteiger partial charge in [0, 0.05) is 5.56 Å². The lowest BCUT2D eigenvalue weighted by atomic mass is 10.1. The van der Waals surface area contributed by atoms with E-state index in [0.29, 0.717) is 28.2 Å². The minimum atomic E-state index is -0.216. The number of anilines is 1. The number of hydrogen-bond acceptors (Lipinski definition) is 4. The normalized spacial score (nSPS) is 10.7. The number of methoxy groups -OCH3 is 1. The molecule has 20 heavy (non-hydrogen) atoms. The van der Waals surface area contributed by atoms with Gasteiger partial charge in [0.2, 0.25) is 0 Å². The van der Waals surface area contributed by atoms with Crippen molar-refractivity contribution in [2.24, 2.45) is 0 Å². The third-order valence-electron chi connectivity index (χ3n) is 3.10. The molecule has 0 radical (unpaired) electrons. The van der Waals surface area contributed by atoms with Crippen LogP contribution in [-0.4, -0.2) is 17.1 Å². The van der Waals surface area contributed by atoms with E-state index in [1.165, 1.54) is 7.11 Å². The third kappa shape index (κ3) is 1.99. The molecule has 0 spiro atoms. The molecule has 0 aliphatic heterocycles. The van der Waals surface area contributed by atoms with Crippen LogP contribution in [0.4, 0.5) is 5.69 Å². The maximum Gasteiger partial charge on any atom is 0.259 e. The number of ether oxygens (including phenoxy) is 1. The summed E-state index contributed by atoms with van der Waals surface area (Å²) in [6.45, 7) is 0. The van der Waals surface area contributed by atoms with Gasteiger partial charge in [-0.25, -0.2) is 4.98 Å². The quantitative estimate of drug-likeness (QED) is 0.697. The van der Waals surface area contributed by atoms with Crippen LogP contribution in [0.2, 0.25) is 0 Å². The Labute approximate surface area is 115 Å². The van der Waals surface area contributed by atoms with Crippen LogP contribution in [0.25, 0.3) is 22.3 Å². The molecular weight excluding hydrogens is 254 g/mol. The average Bonchev–Trinajstić information content (AvgIpc) is 2.47. The monoisotopic (exact) mass is 267 g/mol. The molecule has 0 atom stereocenters. The molecule has 100 valence electrons. The summed E-state index contributed by atoms with van der Waals surface area (Å²) in [5, 5.41) is 0.454. The number of hydrogen-bond donors (Lipinski definition) is 2. The molecule has 0 saturated carbocycles. The molecule has 5 heteroatoms. The van der Waals surface area contributed by atoms with Gasteiger partial charge in [-0.1, -0.05) is 30.3 Å². The van der Waals surface area contributed by atoms with Gasteiger partial charge in [-0.15, -0.1) is 0 Å². The van der Waals surface area contributed by atoms with Gasteiger partial charge in [-0.05, 0) is 12.1 Å². The number of nitrogen functional groups attached to an aromatic ring is 1. The molecule has 0 aliphatic carbocycles. The number of nitrogens with one attached hydrogen (secondary N) is 1. The summed E-state index contributed by atoms with van der Waals surface area (Å²) in [5.74, 6) is 0.991. The van der Waals surface area contributed by atoms with Crippen molar-refractivity contribution >= 4 is 16.6 Å². The molecule has 3 aromatic rings. The van der Waals surface area contributed by atoms with Crippen molar-refractivity contribution in [3.8, 4) is 17.1 Å². The van der Waals surface area contributed by atoms with Crippen molar-refractivity contribution in [3.05, 3.63) is 52.8 Å². The number of benzene rings is 2. The van der Waals surface area contributed by atoms with Crippen molar-refractivity contribution < 1.29 is 4.74 Å². The fourth-order valence-electron chi connectivity index (χ4n) is 2.09. The van der Waals surface area contributed by atoms with Gasteiger partial charge >= 0.3 is 0 Å². The fraction of sp³-hybridized carbons (Fsp3) is 0.0667. The Morgan fingerprint density at radius 1 is 1.20 bits per heavy atom. The van der Waals surface area contributed by atoms with Crippen LogP contribution in [0.3, 0.4) is 0 Å². The van der Waals surface area contributed by atoms with E-state index < -0.39 is 0 Å². The second-order valence-corrected chi connectivity index (χ2v) is 4.39. The van der Waals surface area contributed by atoms with E-state index in [9.17, 15) is 4.79 Å². The van der Waals surface area contributed by atoms with Crippen LogP contribution < -0.4 is 16.0 Å². The number of nitrogens with two attached hydrogens (primary N) is 1. The third-order valence-corrected chi connectivity index (χ3v) is 3.10. The second kappa shape index (κ2) is 4.70. The van der Waals surface area contributed by atoms with E-state index in [0.717, 1.165) is 5.56 Å². The predicted molar refractivity (Wildman–Crippen MR) is 78.8 cm³/mol. The maximum atomic E-state index is 12.2. The number of H-pyrrole nitrogens is 1. The molecule has 0 bridgehead atoms. The number of nitrogens with zero attached hydrogens (tertiary/aromatic N) is 1. The Bertz CT molecular complexity index is 826. The minimum absolute atomic E-state index is 0.216. The van der Waals surface area contributed by atoms with Gasteiger partial charge in [0.15, 0.2) is 0 Å². The molecule has 3 N–H and O–H groups in total. The highest BCUT2D eigenvalue weighted by atomic mass is 16.5. The number of rotatable bonds is 2. The highest BCUT2D eigenvalue weighted by Gasteiger charge is 2.09. The summed E-state index contributed by atoms with van der Waals surface area (Å²) in [7, 11) is 1.51. The van der Waals surface area contributed by atoms with E-state index in [2.05, 4.69) is 9.97 Å². The van der Waals surface area contributed by atoms with E-state index in [1.807, 2.05) is 30.3 Å². The first-order chi connectivity index (χ1) is 9.69. The van der Waals surface area contributed by atoms with Crippen LogP contribution >= 0.6 is 0 Å². The lowest BCUT2D eigenvalue weighted by Crippen LogP contribution is -2.10. The summed E-state index contributed by atoms with van der Waals surface area (Å²) in [6.07, 6.45) is 0. The SMILES string of the molecule is COc1cc2c(=O)[nH]c(-c3ccccc3)nc2cc1N. The van der Waals surface area contributed by atoms with Gasteiger partial charge in [-0.3, -0.25) is 4.79 Å². The summed E-state index contributed by atoms with van der Waals surface area (Å²) in [6, 6.07) is 12.7. The highest BCUT2D eigenvalue weighted by molar-refractivity contribution is 5.85. The average molecular weight is 267 g/mol. The molecule has 3 rings (SSSR count). The van der Waals surface area contributed by atoms with E-state index in [4.69, 9.17) is 10.5 Å². The lowest BCUT2D eigenvalue weighted by molar-refractivity contribution is 0.417. The van der Waals surface area contributed by atoms with Crippen molar-refractivity contribution in [2.45, 2.75) is 0 Å².